The largest absolute Gasteiger partial charge is 0.432 e. The van der Waals surface area contributed by atoms with E-state index in [9.17, 15) is 61.0 Å². The molecule has 21 atom stereocenters. The van der Waals surface area contributed by atoms with Crippen molar-refractivity contribution in [1.82, 2.24) is 0 Å². The number of fused-ring (bicyclic) bond motifs is 3. The molecule has 7 aliphatic rings. The molecule has 1 spiro atoms. The number of rotatable bonds is 9. The van der Waals surface area contributed by atoms with E-state index in [4.69, 9.17) is 28.4 Å². The van der Waals surface area contributed by atoms with E-state index in [-0.39, 0.29) is 22.7 Å². The van der Waals surface area contributed by atoms with E-state index in [1.165, 1.54) is 0 Å². The van der Waals surface area contributed by atoms with E-state index >= 15 is 0 Å². The van der Waals surface area contributed by atoms with Crippen LogP contribution in [0.4, 0.5) is 0 Å². The molecule has 4 aliphatic carbocycles. The quantitative estimate of drug-likeness (QED) is 0.0631. The molecule has 3 heterocycles. The molecule has 0 aromatic heterocycles. The number of aliphatic hydroxyl groups is 11. The van der Waals surface area contributed by atoms with Gasteiger partial charge in [-0.2, -0.15) is 0 Å². The highest BCUT2D eigenvalue weighted by Crippen LogP contribution is 2.73. The Bertz CT molecular complexity index is 1450. The first kappa shape index (κ1) is 42.7. The summed E-state index contributed by atoms with van der Waals surface area (Å²) in [5, 5.41) is 114. The fraction of sp³-hybridized carbons (Fsp3) is 0.921. The van der Waals surface area contributed by atoms with Gasteiger partial charge in [0, 0.05) is 0 Å². The van der Waals surface area contributed by atoms with Crippen LogP contribution in [-0.4, -0.2) is 180 Å². The van der Waals surface area contributed by atoms with E-state index in [1.54, 1.807) is 0 Å². The van der Waals surface area contributed by atoms with Crippen LogP contribution in [-0.2, 0) is 33.2 Å². The van der Waals surface area contributed by atoms with Crippen LogP contribution in [0.15, 0.2) is 12.2 Å². The van der Waals surface area contributed by atoms with Crippen molar-refractivity contribution < 1.29 is 89.4 Å². The van der Waals surface area contributed by atoms with Crippen LogP contribution in [0.1, 0.15) is 71.6 Å². The maximum Gasteiger partial charge on any atom is 0.314 e. The number of carbonyl (C=O) groups excluding carboxylic acids is 1. The molecule has 0 amide bonds. The molecule has 7 rings (SSSR count). The van der Waals surface area contributed by atoms with Crippen molar-refractivity contribution in [3.8, 4) is 0 Å². The second-order valence-electron chi connectivity index (χ2n) is 18.0. The predicted molar refractivity (Wildman–Crippen MR) is 186 cm³/mol. The summed E-state index contributed by atoms with van der Waals surface area (Å²) in [7, 11) is 0. The first-order chi connectivity index (χ1) is 26.4. The van der Waals surface area contributed by atoms with Gasteiger partial charge in [-0.1, -0.05) is 19.9 Å². The Hall–Kier alpha value is -1.43. The summed E-state index contributed by atoms with van der Waals surface area (Å²) in [5.41, 5.74) is -1.80. The van der Waals surface area contributed by atoms with Gasteiger partial charge in [-0.15, -0.1) is 0 Å². The summed E-state index contributed by atoms with van der Waals surface area (Å²) in [6.45, 7) is 6.52. The van der Waals surface area contributed by atoms with Gasteiger partial charge in [0.25, 0.3) is 0 Å². The van der Waals surface area contributed by atoms with Crippen LogP contribution in [0.3, 0.4) is 0 Å². The average molecular weight is 805 g/mol. The lowest BCUT2D eigenvalue weighted by molar-refractivity contribution is -0.378. The molecule has 4 saturated carbocycles. The summed E-state index contributed by atoms with van der Waals surface area (Å²) < 4.78 is 35.6. The van der Waals surface area contributed by atoms with E-state index in [0.29, 0.717) is 44.9 Å². The second-order valence-corrected chi connectivity index (χ2v) is 18.0. The minimum atomic E-state index is -1.81. The summed E-state index contributed by atoms with van der Waals surface area (Å²) in [5.74, 6) is -0.591. The van der Waals surface area contributed by atoms with Gasteiger partial charge < -0.3 is 84.6 Å². The Morgan fingerprint density at radius 2 is 1.21 bits per heavy atom. The van der Waals surface area contributed by atoms with Crippen molar-refractivity contribution in [2.75, 3.05) is 19.8 Å². The van der Waals surface area contributed by atoms with Crippen LogP contribution >= 0.6 is 0 Å². The summed E-state index contributed by atoms with van der Waals surface area (Å²) in [4.78, 5) is 14.1. The fourth-order valence-corrected chi connectivity index (χ4v) is 12.0. The van der Waals surface area contributed by atoms with E-state index in [2.05, 4.69) is 13.5 Å². The molecular weight excluding hydrogens is 744 g/mol. The van der Waals surface area contributed by atoms with Crippen LogP contribution in [0.25, 0.3) is 0 Å². The molecule has 18 nitrogen and oxygen atoms in total. The molecule has 11 N–H and O–H groups in total. The normalized spacial score (nSPS) is 54.6. The maximum atomic E-state index is 14.1. The van der Waals surface area contributed by atoms with Gasteiger partial charge in [-0.25, -0.2) is 0 Å². The summed E-state index contributed by atoms with van der Waals surface area (Å²) >= 11 is 0. The van der Waals surface area contributed by atoms with Crippen molar-refractivity contribution in [3.63, 3.8) is 0 Å². The van der Waals surface area contributed by atoms with Crippen LogP contribution in [0.2, 0.25) is 0 Å². The number of esters is 1. The van der Waals surface area contributed by atoms with Gasteiger partial charge in [-0.3, -0.25) is 4.79 Å². The van der Waals surface area contributed by atoms with E-state index in [1.807, 2.05) is 6.92 Å². The summed E-state index contributed by atoms with van der Waals surface area (Å²) in [6, 6.07) is 0. The van der Waals surface area contributed by atoms with Gasteiger partial charge in [0.05, 0.1) is 30.8 Å². The number of carbonyl (C=O) groups is 1. The highest BCUT2D eigenvalue weighted by Gasteiger charge is 2.69. The van der Waals surface area contributed by atoms with Gasteiger partial charge in [0.2, 0.25) is 6.29 Å². The monoisotopic (exact) mass is 804 g/mol. The number of hydrogen-bond acceptors (Lipinski definition) is 18. The van der Waals surface area contributed by atoms with Gasteiger partial charge in [0.15, 0.2) is 12.6 Å². The Balaban J connectivity index is 1.10. The summed E-state index contributed by atoms with van der Waals surface area (Å²) in [6.07, 6.45) is -17.8. The average Bonchev–Trinajstić information content (AvgIpc) is 3.37. The van der Waals surface area contributed by atoms with E-state index < -0.39 is 129 Å². The molecule has 7 fully saturated rings. The van der Waals surface area contributed by atoms with Gasteiger partial charge >= 0.3 is 5.97 Å². The lowest BCUT2D eigenvalue weighted by Gasteiger charge is -2.64. The van der Waals surface area contributed by atoms with Crippen molar-refractivity contribution in [1.29, 1.82) is 0 Å². The first-order valence-corrected chi connectivity index (χ1v) is 19.9. The maximum absolute atomic E-state index is 14.1. The minimum Gasteiger partial charge on any atom is -0.432 e. The topological polar surface area (TPSA) is 295 Å². The Morgan fingerprint density at radius 3 is 1.82 bits per heavy atom. The molecule has 320 valence electrons. The predicted octanol–water partition coefficient (Wildman–Crippen LogP) is -2.94. The third kappa shape index (κ3) is 6.69. The highest BCUT2D eigenvalue weighted by atomic mass is 16.8. The molecule has 18 heteroatoms. The number of ether oxygens (including phenoxy) is 6. The lowest BCUT2D eigenvalue weighted by atomic mass is 9.41. The molecule has 2 bridgehead atoms. The lowest BCUT2D eigenvalue weighted by Crippen LogP contribution is -2.65. The van der Waals surface area contributed by atoms with Crippen molar-refractivity contribution in [2.24, 2.45) is 28.1 Å². The molecule has 3 aliphatic heterocycles. The molecule has 0 aromatic rings. The fourth-order valence-electron chi connectivity index (χ4n) is 12.0. The smallest absolute Gasteiger partial charge is 0.314 e. The minimum absolute atomic E-state index is 0.121. The van der Waals surface area contributed by atoms with Crippen LogP contribution in [0, 0.1) is 28.1 Å². The molecule has 3 saturated heterocycles. The van der Waals surface area contributed by atoms with Crippen LogP contribution in [0.5, 0.6) is 0 Å². The zero-order valence-electron chi connectivity index (χ0n) is 31.8. The van der Waals surface area contributed by atoms with E-state index in [0.717, 1.165) is 18.4 Å². The second kappa shape index (κ2) is 15.6. The molecule has 5 unspecified atom stereocenters. The standard InChI is InChI=1S/C38H60O18/c1-16-11-37-9-5-20-35(2,7-4-8-36(20,3)34(50)55-32-29(49)26(46)23(43)18(13-40)52-32)21(37)6-10-38(16,15-37)56-33-30(27(47)24(44)19(14-41)53-33)54-31-28(48)25(45)22(42)17(12-39)51-31/h17-33,39-49H,1,4-15H2,2-3H3/t17-,18-,19-,20?,21?,22-,23?,24?,25+,26+,27+,28-,29?,30-,31+,32+,33-,35-,36-,37-,38-/m1/s1. The van der Waals surface area contributed by atoms with Crippen LogP contribution < -0.4 is 0 Å². The first-order valence-electron chi connectivity index (χ1n) is 19.9. The number of hydrogen-bond donors (Lipinski definition) is 11. The van der Waals surface area contributed by atoms with Gasteiger partial charge in [-0.05, 0) is 86.5 Å². The zero-order chi connectivity index (χ0) is 40.7. The molecule has 0 radical (unpaired) electrons. The van der Waals surface area contributed by atoms with Crippen molar-refractivity contribution >= 4 is 5.97 Å². The SMILES string of the molecule is C=C1C[C@@]23CCC4[C@@](C)(CCC[C@@]4(C)C(=O)O[C@@H]4O[C@H](CO)C(O)[C@H](O)C4O)C2CC[C@@]1(O[C@H]1O[C@H](CO)C(O)[C@H](O)[C@H]1O[C@@H]1O[C@H](CO)[C@@H](O)[C@H](O)[C@H]1O)C3. The zero-order valence-corrected chi connectivity index (χ0v) is 31.8. The Kier molecular flexibility index (Phi) is 11.9. The van der Waals surface area contributed by atoms with Crippen molar-refractivity contribution in [2.45, 2.75) is 169 Å². The third-order valence-corrected chi connectivity index (χ3v) is 15.0. The molecular formula is C38H60O18. The Labute approximate surface area is 324 Å². The number of aliphatic hydroxyl groups excluding tert-OH is 11. The highest BCUT2D eigenvalue weighted by molar-refractivity contribution is 5.77. The molecule has 56 heavy (non-hydrogen) atoms. The molecule has 0 aromatic carbocycles. The Morgan fingerprint density at radius 1 is 0.679 bits per heavy atom. The third-order valence-electron chi connectivity index (χ3n) is 15.0. The van der Waals surface area contributed by atoms with Crippen molar-refractivity contribution in [3.05, 3.63) is 12.2 Å². The van der Waals surface area contributed by atoms with Gasteiger partial charge in [0.1, 0.15) is 73.2 Å².